The van der Waals surface area contributed by atoms with E-state index >= 15 is 0 Å². The Morgan fingerprint density at radius 2 is 1.81 bits per heavy atom. The largest absolute Gasteiger partial charge is 0.416 e. The zero-order valence-electron chi connectivity index (χ0n) is 13.5. The molecule has 3 nitrogen and oxygen atoms in total. The summed E-state index contributed by atoms with van der Waals surface area (Å²) in [6.45, 7) is 0. The molecule has 0 fully saturated rings. The number of halogens is 5. The third-order valence-electron chi connectivity index (χ3n) is 3.51. The van der Waals surface area contributed by atoms with Gasteiger partial charge in [-0.15, -0.1) is 11.3 Å². The van der Waals surface area contributed by atoms with Gasteiger partial charge in [0.2, 0.25) is 0 Å². The molecule has 1 N–H and O–H groups in total. The van der Waals surface area contributed by atoms with E-state index in [2.05, 4.69) is 10.3 Å². The standard InChI is InChI=1S/C18H11Cl2F3N2OS/c19-12-6-13(20)8-14(7-12)24-17(26)15-9-27-16(25-15)5-10-2-1-3-11(4-10)18(21,22)23/h1-4,6-9H,5H2,(H,24,26). The Bertz CT molecular complexity index is 968. The molecule has 0 saturated heterocycles. The third kappa shape index (κ3) is 5.22. The van der Waals surface area contributed by atoms with E-state index in [1.807, 2.05) is 0 Å². The zero-order chi connectivity index (χ0) is 19.6. The fourth-order valence-corrected chi connectivity index (χ4v) is 3.68. The molecule has 0 spiro atoms. The average molecular weight is 431 g/mol. The lowest BCUT2D eigenvalue weighted by Crippen LogP contribution is -2.12. The number of nitrogens with one attached hydrogen (secondary N) is 1. The lowest BCUT2D eigenvalue weighted by atomic mass is 10.1. The highest BCUT2D eigenvalue weighted by Gasteiger charge is 2.30. The van der Waals surface area contributed by atoms with Gasteiger partial charge in [-0.25, -0.2) is 4.98 Å². The number of aromatic nitrogens is 1. The molecule has 1 heterocycles. The van der Waals surface area contributed by atoms with E-state index in [4.69, 9.17) is 23.2 Å². The molecule has 0 saturated carbocycles. The van der Waals surface area contributed by atoms with E-state index in [-0.39, 0.29) is 12.1 Å². The van der Waals surface area contributed by atoms with Crippen LogP contribution in [0.25, 0.3) is 0 Å². The first-order valence-corrected chi connectivity index (χ1v) is 9.22. The van der Waals surface area contributed by atoms with Gasteiger partial charge >= 0.3 is 6.18 Å². The van der Waals surface area contributed by atoms with Crippen LogP contribution in [0.15, 0.2) is 47.8 Å². The predicted octanol–water partition coefficient (Wildman–Crippen LogP) is 6.31. The van der Waals surface area contributed by atoms with Gasteiger partial charge in [-0.3, -0.25) is 4.79 Å². The number of rotatable bonds is 4. The van der Waals surface area contributed by atoms with Crippen LogP contribution in [0.4, 0.5) is 18.9 Å². The summed E-state index contributed by atoms with van der Waals surface area (Å²) in [5, 5.41) is 5.46. The quantitative estimate of drug-likeness (QED) is 0.526. The van der Waals surface area contributed by atoms with Crippen LogP contribution in [-0.2, 0) is 12.6 Å². The van der Waals surface area contributed by atoms with Gasteiger partial charge in [-0.05, 0) is 29.8 Å². The summed E-state index contributed by atoms with van der Waals surface area (Å²) in [4.78, 5) is 16.5. The van der Waals surface area contributed by atoms with Crippen LogP contribution in [-0.4, -0.2) is 10.9 Å². The Kier molecular flexibility index (Phi) is 5.74. The molecule has 140 valence electrons. The SMILES string of the molecule is O=C(Nc1cc(Cl)cc(Cl)c1)c1csc(Cc2cccc(C(F)(F)F)c2)n1. The molecular formula is C18H11Cl2F3N2OS. The molecule has 0 bridgehead atoms. The maximum absolute atomic E-state index is 12.8. The summed E-state index contributed by atoms with van der Waals surface area (Å²) >= 11 is 13.0. The molecular weight excluding hydrogens is 420 g/mol. The van der Waals surface area contributed by atoms with E-state index in [9.17, 15) is 18.0 Å². The lowest BCUT2D eigenvalue weighted by molar-refractivity contribution is -0.137. The normalized spacial score (nSPS) is 11.4. The second-order valence-corrected chi connectivity index (χ2v) is 7.43. The highest BCUT2D eigenvalue weighted by molar-refractivity contribution is 7.09. The van der Waals surface area contributed by atoms with Crippen LogP contribution in [0, 0.1) is 0 Å². The number of anilines is 1. The van der Waals surface area contributed by atoms with Crippen molar-refractivity contribution in [1.29, 1.82) is 0 Å². The molecule has 0 radical (unpaired) electrons. The van der Waals surface area contributed by atoms with E-state index in [0.29, 0.717) is 26.3 Å². The van der Waals surface area contributed by atoms with Crippen molar-refractivity contribution >= 4 is 46.1 Å². The molecule has 0 aliphatic carbocycles. The first kappa shape index (κ1) is 19.7. The minimum absolute atomic E-state index is 0.165. The Morgan fingerprint density at radius 3 is 2.48 bits per heavy atom. The first-order valence-electron chi connectivity index (χ1n) is 7.59. The summed E-state index contributed by atoms with van der Waals surface area (Å²) in [6.07, 6.45) is -4.20. The van der Waals surface area contributed by atoms with Crippen LogP contribution in [0.2, 0.25) is 10.0 Å². The molecule has 3 aromatic rings. The van der Waals surface area contributed by atoms with Gasteiger partial charge in [0.05, 0.1) is 10.6 Å². The van der Waals surface area contributed by atoms with Crippen molar-refractivity contribution in [3.63, 3.8) is 0 Å². The van der Waals surface area contributed by atoms with Crippen LogP contribution >= 0.6 is 34.5 Å². The molecule has 0 aliphatic heterocycles. The molecule has 0 unspecified atom stereocenters. The number of carbonyl (C=O) groups excluding carboxylic acids is 1. The van der Waals surface area contributed by atoms with Gasteiger partial charge in [-0.2, -0.15) is 13.2 Å². The van der Waals surface area contributed by atoms with Crippen molar-refractivity contribution in [2.45, 2.75) is 12.6 Å². The number of thiazole rings is 1. The highest BCUT2D eigenvalue weighted by Crippen LogP contribution is 2.30. The minimum atomic E-state index is -4.40. The maximum Gasteiger partial charge on any atom is 0.416 e. The number of nitrogens with zero attached hydrogens (tertiary/aromatic N) is 1. The highest BCUT2D eigenvalue weighted by atomic mass is 35.5. The number of alkyl halides is 3. The summed E-state index contributed by atoms with van der Waals surface area (Å²) in [7, 11) is 0. The van der Waals surface area contributed by atoms with Crippen molar-refractivity contribution < 1.29 is 18.0 Å². The molecule has 3 rings (SSSR count). The Labute approximate surface area is 166 Å². The summed E-state index contributed by atoms with van der Waals surface area (Å²) in [6, 6.07) is 9.65. The summed E-state index contributed by atoms with van der Waals surface area (Å²) in [5.41, 5.74) is 0.336. The molecule has 0 aliphatic rings. The third-order valence-corrected chi connectivity index (χ3v) is 4.80. The molecule has 1 aromatic heterocycles. The minimum Gasteiger partial charge on any atom is -0.321 e. The van der Waals surface area contributed by atoms with Crippen LogP contribution < -0.4 is 5.32 Å². The second kappa shape index (κ2) is 7.88. The van der Waals surface area contributed by atoms with E-state index in [1.54, 1.807) is 23.6 Å². The summed E-state index contributed by atoms with van der Waals surface area (Å²) in [5.74, 6) is -0.458. The first-order chi connectivity index (χ1) is 12.7. The smallest absolute Gasteiger partial charge is 0.321 e. The molecule has 2 aromatic carbocycles. The number of hydrogen-bond donors (Lipinski definition) is 1. The van der Waals surface area contributed by atoms with E-state index in [1.165, 1.54) is 23.5 Å². The molecule has 0 atom stereocenters. The Hall–Kier alpha value is -2.09. The van der Waals surface area contributed by atoms with Crippen molar-refractivity contribution in [3.8, 4) is 0 Å². The fraction of sp³-hybridized carbons (Fsp3) is 0.111. The maximum atomic E-state index is 12.8. The van der Waals surface area contributed by atoms with Crippen molar-refractivity contribution in [2.75, 3.05) is 5.32 Å². The monoisotopic (exact) mass is 430 g/mol. The number of carbonyl (C=O) groups is 1. The molecule has 1 amide bonds. The molecule has 9 heteroatoms. The average Bonchev–Trinajstić information content (AvgIpc) is 3.02. The predicted molar refractivity (Wildman–Crippen MR) is 101 cm³/mol. The second-order valence-electron chi connectivity index (χ2n) is 5.61. The van der Waals surface area contributed by atoms with E-state index < -0.39 is 17.6 Å². The van der Waals surface area contributed by atoms with Crippen molar-refractivity contribution in [1.82, 2.24) is 4.98 Å². The van der Waals surface area contributed by atoms with Crippen LogP contribution in [0.5, 0.6) is 0 Å². The van der Waals surface area contributed by atoms with Gasteiger partial charge in [0.1, 0.15) is 5.69 Å². The lowest BCUT2D eigenvalue weighted by Gasteiger charge is -2.07. The van der Waals surface area contributed by atoms with E-state index in [0.717, 1.165) is 12.1 Å². The topological polar surface area (TPSA) is 42.0 Å². The van der Waals surface area contributed by atoms with Crippen LogP contribution in [0.3, 0.4) is 0 Å². The fourth-order valence-electron chi connectivity index (χ4n) is 2.35. The van der Waals surface area contributed by atoms with Gasteiger partial charge in [-0.1, -0.05) is 41.4 Å². The number of benzene rings is 2. The number of amides is 1. The van der Waals surface area contributed by atoms with Gasteiger partial charge in [0.25, 0.3) is 5.91 Å². The Morgan fingerprint density at radius 1 is 1.11 bits per heavy atom. The van der Waals surface area contributed by atoms with Crippen molar-refractivity contribution in [2.24, 2.45) is 0 Å². The zero-order valence-corrected chi connectivity index (χ0v) is 15.8. The van der Waals surface area contributed by atoms with Gasteiger partial charge in [0, 0.05) is 27.5 Å². The van der Waals surface area contributed by atoms with Gasteiger partial charge < -0.3 is 5.32 Å². The van der Waals surface area contributed by atoms with Crippen molar-refractivity contribution in [3.05, 3.63) is 79.7 Å². The Balaban J connectivity index is 1.72. The molecule has 27 heavy (non-hydrogen) atoms. The number of hydrogen-bond acceptors (Lipinski definition) is 3. The summed E-state index contributed by atoms with van der Waals surface area (Å²) < 4.78 is 38.4. The van der Waals surface area contributed by atoms with Crippen LogP contribution in [0.1, 0.15) is 26.6 Å². The van der Waals surface area contributed by atoms with Gasteiger partial charge in [0.15, 0.2) is 0 Å².